The number of hydrogen-bond donors (Lipinski definition) is 1. The smallest absolute Gasteiger partial charge is 0.142 e. The van der Waals surface area contributed by atoms with Gasteiger partial charge in [-0.2, -0.15) is 0 Å². The lowest BCUT2D eigenvalue weighted by atomic mass is 9.88. The van der Waals surface area contributed by atoms with Crippen LogP contribution in [0.5, 0.6) is 5.75 Å². The van der Waals surface area contributed by atoms with Crippen LogP contribution in [0.15, 0.2) is 29.6 Å². The third-order valence-electron chi connectivity index (χ3n) is 3.86. The number of aryl methyl sites for hydroxylation is 1. The number of methoxy groups -OCH3 is 1. The molecule has 1 unspecified atom stereocenters. The molecular weight excluding hydrogens is 254 g/mol. The Balaban J connectivity index is 1.83. The van der Waals surface area contributed by atoms with Crippen LogP contribution in [-0.4, -0.2) is 13.7 Å². The normalized spacial score (nSPS) is 17.7. The number of thiophene rings is 1. The van der Waals surface area contributed by atoms with Crippen LogP contribution in [0.3, 0.4) is 0 Å². The Labute approximate surface area is 118 Å². The molecule has 0 amide bonds. The van der Waals surface area contributed by atoms with Crippen LogP contribution < -0.4 is 10.1 Å². The van der Waals surface area contributed by atoms with E-state index in [0.29, 0.717) is 5.92 Å². The SMILES string of the molecule is COc1ccc(C)c2c1NCC(Cc1cccs1)C2. The topological polar surface area (TPSA) is 21.3 Å². The summed E-state index contributed by atoms with van der Waals surface area (Å²) < 4.78 is 5.45. The Kier molecular flexibility index (Phi) is 3.47. The summed E-state index contributed by atoms with van der Waals surface area (Å²) in [6.45, 7) is 3.22. The van der Waals surface area contributed by atoms with Crippen molar-refractivity contribution in [3.63, 3.8) is 0 Å². The maximum absolute atomic E-state index is 5.45. The lowest BCUT2D eigenvalue weighted by Crippen LogP contribution is -2.25. The molecule has 0 saturated carbocycles. The summed E-state index contributed by atoms with van der Waals surface area (Å²) in [7, 11) is 1.74. The summed E-state index contributed by atoms with van der Waals surface area (Å²) in [5.74, 6) is 1.65. The molecule has 1 atom stereocenters. The monoisotopic (exact) mass is 273 g/mol. The minimum absolute atomic E-state index is 0.678. The highest BCUT2D eigenvalue weighted by atomic mass is 32.1. The van der Waals surface area contributed by atoms with E-state index in [1.807, 2.05) is 11.3 Å². The van der Waals surface area contributed by atoms with Gasteiger partial charge in [-0.3, -0.25) is 0 Å². The molecule has 100 valence electrons. The zero-order chi connectivity index (χ0) is 13.2. The molecule has 2 nitrogen and oxygen atoms in total. The van der Waals surface area contributed by atoms with Gasteiger partial charge in [0.15, 0.2) is 0 Å². The molecular formula is C16H19NOS. The lowest BCUT2D eigenvalue weighted by Gasteiger charge is -2.28. The number of fused-ring (bicyclic) bond motifs is 1. The number of anilines is 1. The van der Waals surface area contributed by atoms with Gasteiger partial charge in [-0.05, 0) is 54.3 Å². The first kappa shape index (κ1) is 12.5. The molecule has 0 fully saturated rings. The Hall–Kier alpha value is -1.48. The minimum Gasteiger partial charge on any atom is -0.495 e. The van der Waals surface area contributed by atoms with Crippen molar-refractivity contribution < 1.29 is 4.74 Å². The molecule has 2 heterocycles. The van der Waals surface area contributed by atoms with Gasteiger partial charge < -0.3 is 10.1 Å². The van der Waals surface area contributed by atoms with Gasteiger partial charge in [-0.15, -0.1) is 11.3 Å². The van der Waals surface area contributed by atoms with E-state index in [4.69, 9.17) is 4.74 Å². The van der Waals surface area contributed by atoms with E-state index in [9.17, 15) is 0 Å². The Morgan fingerprint density at radius 3 is 3.00 bits per heavy atom. The third-order valence-corrected chi connectivity index (χ3v) is 4.76. The fourth-order valence-electron chi connectivity index (χ4n) is 2.82. The molecule has 19 heavy (non-hydrogen) atoms. The molecule has 1 aromatic carbocycles. The van der Waals surface area contributed by atoms with Crippen molar-refractivity contribution in [1.29, 1.82) is 0 Å². The highest BCUT2D eigenvalue weighted by Gasteiger charge is 2.22. The zero-order valence-electron chi connectivity index (χ0n) is 11.4. The van der Waals surface area contributed by atoms with E-state index in [1.54, 1.807) is 7.11 Å². The molecule has 0 bridgehead atoms. The van der Waals surface area contributed by atoms with Crippen LogP contribution in [0.2, 0.25) is 0 Å². The molecule has 1 aliphatic rings. The van der Waals surface area contributed by atoms with E-state index in [0.717, 1.165) is 18.7 Å². The van der Waals surface area contributed by atoms with Gasteiger partial charge in [-0.25, -0.2) is 0 Å². The number of benzene rings is 1. The Bertz CT molecular complexity index is 562. The van der Waals surface area contributed by atoms with E-state index in [1.165, 1.54) is 28.1 Å². The molecule has 0 radical (unpaired) electrons. The van der Waals surface area contributed by atoms with Crippen LogP contribution in [0, 0.1) is 12.8 Å². The van der Waals surface area contributed by atoms with Crippen molar-refractivity contribution in [2.75, 3.05) is 19.0 Å². The molecule has 3 heteroatoms. The second kappa shape index (κ2) is 5.25. The predicted molar refractivity (Wildman–Crippen MR) is 81.4 cm³/mol. The van der Waals surface area contributed by atoms with Gasteiger partial charge in [0.2, 0.25) is 0 Å². The highest BCUT2D eigenvalue weighted by molar-refractivity contribution is 7.09. The van der Waals surface area contributed by atoms with Crippen LogP contribution in [0.1, 0.15) is 16.0 Å². The second-order valence-corrected chi connectivity index (χ2v) is 6.21. The van der Waals surface area contributed by atoms with Gasteiger partial charge >= 0.3 is 0 Å². The van der Waals surface area contributed by atoms with Gasteiger partial charge in [0.25, 0.3) is 0 Å². The number of ether oxygens (including phenoxy) is 1. The molecule has 3 rings (SSSR count). The molecule has 1 aliphatic heterocycles. The number of nitrogens with one attached hydrogen (secondary N) is 1. The molecule has 1 aromatic heterocycles. The largest absolute Gasteiger partial charge is 0.495 e. The van der Waals surface area contributed by atoms with Gasteiger partial charge in [0.05, 0.1) is 12.8 Å². The number of hydrogen-bond acceptors (Lipinski definition) is 3. The average molecular weight is 273 g/mol. The number of rotatable bonds is 3. The van der Waals surface area contributed by atoms with Gasteiger partial charge in [-0.1, -0.05) is 12.1 Å². The van der Waals surface area contributed by atoms with Gasteiger partial charge in [0.1, 0.15) is 5.75 Å². The summed E-state index contributed by atoms with van der Waals surface area (Å²) in [5, 5.41) is 5.73. The highest BCUT2D eigenvalue weighted by Crippen LogP contribution is 2.36. The Morgan fingerprint density at radius 2 is 2.26 bits per heavy atom. The van der Waals surface area contributed by atoms with Crippen LogP contribution >= 0.6 is 11.3 Å². The third kappa shape index (κ3) is 2.47. The molecule has 2 aromatic rings. The maximum Gasteiger partial charge on any atom is 0.142 e. The Morgan fingerprint density at radius 1 is 1.37 bits per heavy atom. The first-order chi connectivity index (χ1) is 9.28. The summed E-state index contributed by atoms with van der Waals surface area (Å²) in [5.41, 5.74) is 3.98. The summed E-state index contributed by atoms with van der Waals surface area (Å²) in [6.07, 6.45) is 2.31. The first-order valence-corrected chi connectivity index (χ1v) is 7.58. The molecule has 0 spiro atoms. The van der Waals surface area contributed by atoms with Crippen molar-refractivity contribution in [1.82, 2.24) is 0 Å². The lowest BCUT2D eigenvalue weighted by molar-refractivity contribution is 0.413. The maximum atomic E-state index is 5.45. The van der Waals surface area contributed by atoms with E-state index in [2.05, 4.69) is 41.9 Å². The molecule has 0 saturated heterocycles. The van der Waals surface area contributed by atoms with Gasteiger partial charge in [0, 0.05) is 11.4 Å². The second-order valence-electron chi connectivity index (χ2n) is 5.17. The minimum atomic E-state index is 0.678. The fraction of sp³-hybridized carbons (Fsp3) is 0.375. The van der Waals surface area contributed by atoms with Crippen LogP contribution in [0.4, 0.5) is 5.69 Å². The quantitative estimate of drug-likeness (QED) is 0.916. The van der Waals surface area contributed by atoms with Crippen molar-refractivity contribution >= 4 is 17.0 Å². The standard InChI is InChI=1S/C16H19NOS/c1-11-5-6-15(18-2)16-14(11)9-12(10-17-16)8-13-4-3-7-19-13/h3-7,12,17H,8-10H2,1-2H3. The summed E-state index contributed by atoms with van der Waals surface area (Å²) in [4.78, 5) is 1.48. The van der Waals surface area contributed by atoms with Crippen LogP contribution in [-0.2, 0) is 12.8 Å². The van der Waals surface area contributed by atoms with Crippen molar-refractivity contribution in [2.24, 2.45) is 5.92 Å². The summed E-state index contributed by atoms with van der Waals surface area (Å²) >= 11 is 1.86. The van der Waals surface area contributed by atoms with E-state index >= 15 is 0 Å². The summed E-state index contributed by atoms with van der Waals surface area (Å²) in [6, 6.07) is 8.59. The first-order valence-electron chi connectivity index (χ1n) is 6.70. The predicted octanol–water partition coefficient (Wildman–Crippen LogP) is 3.89. The van der Waals surface area contributed by atoms with Crippen molar-refractivity contribution in [3.05, 3.63) is 45.6 Å². The van der Waals surface area contributed by atoms with E-state index in [-0.39, 0.29) is 0 Å². The van der Waals surface area contributed by atoms with Crippen LogP contribution in [0.25, 0.3) is 0 Å². The van der Waals surface area contributed by atoms with E-state index < -0.39 is 0 Å². The average Bonchev–Trinajstić information content (AvgIpc) is 2.93. The zero-order valence-corrected chi connectivity index (χ0v) is 12.2. The van der Waals surface area contributed by atoms with Crippen molar-refractivity contribution in [2.45, 2.75) is 19.8 Å². The van der Waals surface area contributed by atoms with Crippen molar-refractivity contribution in [3.8, 4) is 5.75 Å². The fourth-order valence-corrected chi connectivity index (χ4v) is 3.64. The molecule has 1 N–H and O–H groups in total. The molecule has 0 aliphatic carbocycles.